The highest BCUT2D eigenvalue weighted by atomic mass is 35.5. The van der Waals surface area contributed by atoms with E-state index in [4.69, 9.17) is 5.73 Å². The van der Waals surface area contributed by atoms with Gasteiger partial charge in [0.05, 0.1) is 10.5 Å². The first-order chi connectivity index (χ1) is 5.93. The summed E-state index contributed by atoms with van der Waals surface area (Å²) in [5.74, 6) is -0.735. The van der Waals surface area contributed by atoms with Gasteiger partial charge in [0.25, 0.3) is 0 Å². The maximum atomic E-state index is 11.2. The largest absolute Gasteiger partial charge is 0.366 e. The minimum atomic E-state index is -3.38. The molecule has 0 atom stereocenters. The van der Waals surface area contributed by atoms with Gasteiger partial charge < -0.3 is 5.73 Å². The number of carbonyl (C=O) groups excluding carboxylic acids is 1. The Morgan fingerprint density at radius 1 is 1.29 bits per heavy atom. The summed E-state index contributed by atoms with van der Waals surface area (Å²) in [5, 5.41) is 0. The normalized spacial score (nSPS) is 10.4. The monoisotopic (exact) mass is 235 g/mol. The van der Waals surface area contributed by atoms with Crippen molar-refractivity contribution in [1.29, 1.82) is 0 Å². The van der Waals surface area contributed by atoms with Crippen molar-refractivity contribution in [2.75, 3.05) is 6.26 Å². The van der Waals surface area contributed by atoms with E-state index >= 15 is 0 Å². The summed E-state index contributed by atoms with van der Waals surface area (Å²) in [4.78, 5) is 10.8. The predicted octanol–water partition coefficient (Wildman–Crippen LogP) is 0.611. The fourth-order valence-corrected chi connectivity index (χ4v) is 1.89. The zero-order chi connectivity index (χ0) is 10.1. The van der Waals surface area contributed by atoms with Crippen LogP contribution in [0.5, 0.6) is 0 Å². The Balaban J connectivity index is 0.00000169. The molecule has 0 heterocycles. The van der Waals surface area contributed by atoms with Crippen molar-refractivity contribution in [1.82, 2.24) is 0 Å². The van der Waals surface area contributed by atoms with Crippen molar-refractivity contribution in [2.24, 2.45) is 5.73 Å². The predicted molar refractivity (Wildman–Crippen MR) is 55.3 cm³/mol. The van der Waals surface area contributed by atoms with Crippen LogP contribution in [-0.4, -0.2) is 20.6 Å². The van der Waals surface area contributed by atoms with Gasteiger partial charge in [0.1, 0.15) is 0 Å². The van der Waals surface area contributed by atoms with Gasteiger partial charge in [0.2, 0.25) is 5.91 Å². The third-order valence-electron chi connectivity index (χ3n) is 1.55. The summed E-state index contributed by atoms with van der Waals surface area (Å²) >= 11 is 0. The third kappa shape index (κ3) is 2.71. The average molecular weight is 236 g/mol. The molecule has 1 aromatic rings. The zero-order valence-corrected chi connectivity index (χ0v) is 9.06. The van der Waals surface area contributed by atoms with E-state index < -0.39 is 15.7 Å². The zero-order valence-electron chi connectivity index (χ0n) is 7.43. The lowest BCUT2D eigenvalue weighted by molar-refractivity contribution is 0.0997. The van der Waals surface area contributed by atoms with E-state index in [1.54, 1.807) is 12.1 Å². The average Bonchev–Trinajstić information content (AvgIpc) is 2.03. The van der Waals surface area contributed by atoms with E-state index in [0.717, 1.165) is 6.26 Å². The molecule has 78 valence electrons. The summed E-state index contributed by atoms with van der Waals surface area (Å²) in [6.07, 6.45) is 1.04. The first kappa shape index (κ1) is 12.9. The lowest BCUT2D eigenvalue weighted by Crippen LogP contribution is -2.15. The quantitative estimate of drug-likeness (QED) is 0.816. The van der Waals surface area contributed by atoms with Crippen molar-refractivity contribution in [3.8, 4) is 0 Å². The number of primary amides is 1. The Kier molecular flexibility index (Phi) is 4.09. The maximum absolute atomic E-state index is 11.2. The van der Waals surface area contributed by atoms with Gasteiger partial charge in [-0.3, -0.25) is 4.79 Å². The van der Waals surface area contributed by atoms with Gasteiger partial charge in [-0.2, -0.15) is 0 Å². The molecule has 0 saturated carbocycles. The molecular formula is C8H10ClNO3S. The van der Waals surface area contributed by atoms with Crippen molar-refractivity contribution < 1.29 is 13.2 Å². The van der Waals surface area contributed by atoms with E-state index in [2.05, 4.69) is 0 Å². The van der Waals surface area contributed by atoms with Crippen molar-refractivity contribution >= 4 is 28.2 Å². The van der Waals surface area contributed by atoms with Crippen LogP contribution in [0, 0.1) is 0 Å². The standard InChI is InChI=1S/C8H9NO3S.ClH/c1-13(11,12)7-5-3-2-4-6(7)8(9)10;/h2-5H,1H3,(H2,9,10);1H. The first-order valence-electron chi connectivity index (χ1n) is 3.52. The summed E-state index contributed by atoms with van der Waals surface area (Å²) < 4.78 is 22.3. The van der Waals surface area contributed by atoms with Crippen LogP contribution in [0.3, 0.4) is 0 Å². The van der Waals surface area contributed by atoms with Crippen molar-refractivity contribution in [2.45, 2.75) is 4.90 Å². The summed E-state index contributed by atoms with van der Waals surface area (Å²) in [6, 6.07) is 5.85. The number of rotatable bonds is 2. The van der Waals surface area contributed by atoms with E-state index in [9.17, 15) is 13.2 Å². The number of hydrogen-bond donors (Lipinski definition) is 1. The van der Waals surface area contributed by atoms with Gasteiger partial charge in [-0.05, 0) is 12.1 Å². The maximum Gasteiger partial charge on any atom is 0.250 e. The molecule has 4 nitrogen and oxygen atoms in total. The van der Waals surface area contributed by atoms with Crippen LogP contribution in [0.15, 0.2) is 29.2 Å². The molecule has 0 aliphatic rings. The van der Waals surface area contributed by atoms with E-state index in [1.807, 2.05) is 0 Å². The van der Waals surface area contributed by atoms with Crippen LogP contribution in [-0.2, 0) is 9.84 Å². The Bertz CT molecular complexity index is 442. The van der Waals surface area contributed by atoms with Crippen molar-refractivity contribution in [3.63, 3.8) is 0 Å². The van der Waals surface area contributed by atoms with E-state index in [-0.39, 0.29) is 22.9 Å². The summed E-state index contributed by atoms with van der Waals surface area (Å²) in [6.45, 7) is 0. The fourth-order valence-electron chi connectivity index (χ4n) is 0.994. The Labute approximate surface area is 88.4 Å². The van der Waals surface area contributed by atoms with E-state index in [1.165, 1.54) is 12.1 Å². The number of benzene rings is 1. The number of carbonyl (C=O) groups is 1. The van der Waals surface area contributed by atoms with Gasteiger partial charge in [-0.1, -0.05) is 12.1 Å². The Morgan fingerprint density at radius 2 is 1.79 bits per heavy atom. The number of halogens is 1. The number of sulfone groups is 1. The van der Waals surface area contributed by atoms with E-state index in [0.29, 0.717) is 0 Å². The molecule has 0 spiro atoms. The van der Waals surface area contributed by atoms with Crippen LogP contribution in [0.2, 0.25) is 0 Å². The highest BCUT2D eigenvalue weighted by Crippen LogP contribution is 2.13. The molecule has 0 unspecified atom stereocenters. The SMILES string of the molecule is CS(=O)(=O)c1ccccc1C(N)=O.Cl. The number of nitrogens with two attached hydrogens (primary N) is 1. The Morgan fingerprint density at radius 3 is 2.14 bits per heavy atom. The number of amides is 1. The third-order valence-corrected chi connectivity index (χ3v) is 2.71. The molecule has 1 amide bonds. The second-order valence-electron chi connectivity index (χ2n) is 2.63. The van der Waals surface area contributed by atoms with Crippen LogP contribution in [0.4, 0.5) is 0 Å². The number of hydrogen-bond acceptors (Lipinski definition) is 3. The lowest BCUT2D eigenvalue weighted by atomic mass is 10.2. The molecule has 0 aliphatic heterocycles. The molecule has 6 heteroatoms. The smallest absolute Gasteiger partial charge is 0.250 e. The van der Waals surface area contributed by atoms with Gasteiger partial charge in [0, 0.05) is 6.26 Å². The summed E-state index contributed by atoms with van der Waals surface area (Å²) in [5.41, 5.74) is 5.04. The minimum Gasteiger partial charge on any atom is -0.366 e. The van der Waals surface area contributed by atoms with Gasteiger partial charge in [0.15, 0.2) is 9.84 Å². The topological polar surface area (TPSA) is 77.2 Å². The first-order valence-corrected chi connectivity index (χ1v) is 5.41. The molecule has 0 aromatic heterocycles. The molecule has 0 bridgehead atoms. The van der Waals surface area contributed by atoms with Crippen LogP contribution in [0.25, 0.3) is 0 Å². The lowest BCUT2D eigenvalue weighted by Gasteiger charge is -2.02. The molecule has 0 saturated heterocycles. The second kappa shape index (κ2) is 4.43. The molecule has 2 N–H and O–H groups in total. The molecule has 14 heavy (non-hydrogen) atoms. The van der Waals surface area contributed by atoms with Crippen LogP contribution >= 0.6 is 12.4 Å². The highest BCUT2D eigenvalue weighted by Gasteiger charge is 2.15. The second-order valence-corrected chi connectivity index (χ2v) is 4.62. The van der Waals surface area contributed by atoms with Gasteiger partial charge in [-0.15, -0.1) is 12.4 Å². The molecular weight excluding hydrogens is 226 g/mol. The Hall–Kier alpha value is -1.07. The van der Waals surface area contributed by atoms with Crippen LogP contribution < -0.4 is 5.73 Å². The molecule has 1 aromatic carbocycles. The van der Waals surface area contributed by atoms with Crippen LogP contribution in [0.1, 0.15) is 10.4 Å². The van der Waals surface area contributed by atoms with Gasteiger partial charge in [-0.25, -0.2) is 8.42 Å². The molecule has 1 rings (SSSR count). The van der Waals surface area contributed by atoms with Crippen molar-refractivity contribution in [3.05, 3.63) is 29.8 Å². The highest BCUT2D eigenvalue weighted by molar-refractivity contribution is 7.90. The minimum absolute atomic E-state index is 0. The fraction of sp³-hybridized carbons (Fsp3) is 0.125. The molecule has 0 radical (unpaired) electrons. The summed E-state index contributed by atoms with van der Waals surface area (Å²) in [7, 11) is -3.38. The molecule has 0 fully saturated rings. The van der Waals surface area contributed by atoms with Gasteiger partial charge >= 0.3 is 0 Å². The molecule has 0 aliphatic carbocycles.